The van der Waals surface area contributed by atoms with Gasteiger partial charge in [0.05, 0.1) is 0 Å². The molecule has 2 aromatic rings. The van der Waals surface area contributed by atoms with E-state index in [-0.39, 0.29) is 6.61 Å². The molecule has 0 unspecified atom stereocenters. The van der Waals surface area contributed by atoms with Crippen molar-refractivity contribution < 1.29 is 5.11 Å². The summed E-state index contributed by atoms with van der Waals surface area (Å²) < 4.78 is 1.72. The molecular weight excluding hydrogens is 250 g/mol. The molecule has 98 valence electrons. The van der Waals surface area contributed by atoms with E-state index >= 15 is 0 Å². The third-order valence-electron chi connectivity index (χ3n) is 2.42. The molecule has 2 aromatic heterocycles. The van der Waals surface area contributed by atoms with Crippen molar-refractivity contribution in [3.05, 3.63) is 18.0 Å². The smallest absolute Gasteiger partial charge is 0.178 e. The van der Waals surface area contributed by atoms with Crippen molar-refractivity contribution in [1.29, 1.82) is 0 Å². The number of anilines is 1. The molecule has 18 heavy (non-hydrogen) atoms. The van der Waals surface area contributed by atoms with Crippen LogP contribution in [-0.2, 0) is 0 Å². The van der Waals surface area contributed by atoms with E-state index in [1.165, 1.54) is 0 Å². The standard InChI is InChI=1S/C11H17N5OS/c1-9-13-14-11-4-3-10(15-16(9)11)12-5-8-18-7-2-6-17/h3-4,17H,2,5-8H2,1H3,(H,12,15). The fourth-order valence-corrected chi connectivity index (χ4v) is 2.29. The van der Waals surface area contributed by atoms with Crippen LogP contribution >= 0.6 is 11.8 Å². The monoisotopic (exact) mass is 267 g/mol. The molecule has 2 heterocycles. The van der Waals surface area contributed by atoms with Gasteiger partial charge < -0.3 is 10.4 Å². The Bertz CT molecular complexity index is 501. The number of rotatable bonds is 7. The molecule has 0 amide bonds. The van der Waals surface area contributed by atoms with E-state index in [1.54, 1.807) is 4.52 Å². The lowest BCUT2D eigenvalue weighted by atomic mass is 10.5. The maximum absolute atomic E-state index is 8.65. The van der Waals surface area contributed by atoms with Crippen LogP contribution < -0.4 is 5.32 Å². The first kappa shape index (κ1) is 13.1. The summed E-state index contributed by atoms with van der Waals surface area (Å²) in [6, 6.07) is 3.80. The molecule has 6 nitrogen and oxygen atoms in total. The Morgan fingerprint density at radius 1 is 1.33 bits per heavy atom. The molecule has 0 saturated heterocycles. The summed E-state index contributed by atoms with van der Waals surface area (Å²) in [5.74, 6) is 3.61. The Hall–Kier alpha value is -1.34. The summed E-state index contributed by atoms with van der Waals surface area (Å²) in [7, 11) is 0. The number of fused-ring (bicyclic) bond motifs is 1. The summed E-state index contributed by atoms with van der Waals surface area (Å²) in [6.45, 7) is 3.00. The minimum atomic E-state index is 0.269. The summed E-state index contributed by atoms with van der Waals surface area (Å²) in [5, 5.41) is 24.3. The first-order valence-corrected chi connectivity index (χ1v) is 7.08. The zero-order valence-electron chi connectivity index (χ0n) is 10.3. The molecule has 0 aromatic carbocycles. The van der Waals surface area contributed by atoms with Crippen molar-refractivity contribution in [2.24, 2.45) is 0 Å². The second-order valence-electron chi connectivity index (χ2n) is 3.85. The van der Waals surface area contributed by atoms with Gasteiger partial charge in [0.25, 0.3) is 0 Å². The highest BCUT2D eigenvalue weighted by molar-refractivity contribution is 7.99. The highest BCUT2D eigenvalue weighted by Crippen LogP contribution is 2.07. The molecule has 0 fully saturated rings. The van der Waals surface area contributed by atoms with Crippen LogP contribution in [0.3, 0.4) is 0 Å². The molecule has 2 N–H and O–H groups in total. The average molecular weight is 267 g/mol. The maximum Gasteiger partial charge on any atom is 0.178 e. The highest BCUT2D eigenvalue weighted by Gasteiger charge is 2.02. The van der Waals surface area contributed by atoms with Gasteiger partial charge >= 0.3 is 0 Å². The molecule has 0 radical (unpaired) electrons. The lowest BCUT2D eigenvalue weighted by molar-refractivity contribution is 0.296. The van der Waals surface area contributed by atoms with Gasteiger partial charge in [0, 0.05) is 18.9 Å². The number of nitrogens with zero attached hydrogens (tertiary/aromatic N) is 4. The summed E-state index contributed by atoms with van der Waals surface area (Å²) >= 11 is 1.82. The molecule has 0 atom stereocenters. The summed E-state index contributed by atoms with van der Waals surface area (Å²) in [4.78, 5) is 0. The van der Waals surface area contributed by atoms with Crippen molar-refractivity contribution in [3.63, 3.8) is 0 Å². The first-order chi connectivity index (χ1) is 8.81. The van der Waals surface area contributed by atoms with Crippen LogP contribution in [0.25, 0.3) is 5.65 Å². The van der Waals surface area contributed by atoms with Gasteiger partial charge in [-0.15, -0.1) is 15.3 Å². The van der Waals surface area contributed by atoms with Crippen LogP contribution in [0, 0.1) is 6.92 Å². The van der Waals surface area contributed by atoms with E-state index in [2.05, 4.69) is 20.6 Å². The Kier molecular flexibility index (Phi) is 4.77. The zero-order chi connectivity index (χ0) is 12.8. The van der Waals surface area contributed by atoms with Crippen molar-refractivity contribution in [3.8, 4) is 0 Å². The minimum Gasteiger partial charge on any atom is -0.396 e. The first-order valence-electron chi connectivity index (χ1n) is 5.93. The molecule has 0 aliphatic rings. The summed E-state index contributed by atoms with van der Waals surface area (Å²) in [6.07, 6.45) is 0.856. The predicted octanol–water partition coefficient (Wildman–Crippen LogP) is 0.960. The number of hydrogen-bond acceptors (Lipinski definition) is 6. The number of aliphatic hydroxyl groups excluding tert-OH is 1. The number of aryl methyl sites for hydroxylation is 1. The van der Waals surface area contributed by atoms with Gasteiger partial charge in [0.1, 0.15) is 5.82 Å². The van der Waals surface area contributed by atoms with E-state index in [1.807, 2.05) is 30.8 Å². The van der Waals surface area contributed by atoms with Crippen molar-refractivity contribution in [1.82, 2.24) is 19.8 Å². The molecule has 0 aliphatic carbocycles. The Morgan fingerprint density at radius 3 is 3.06 bits per heavy atom. The lowest BCUT2D eigenvalue weighted by Gasteiger charge is -2.05. The number of hydrogen-bond donors (Lipinski definition) is 2. The van der Waals surface area contributed by atoms with Crippen LogP contribution in [0.15, 0.2) is 12.1 Å². The van der Waals surface area contributed by atoms with E-state index in [0.29, 0.717) is 0 Å². The number of nitrogens with one attached hydrogen (secondary N) is 1. The number of aliphatic hydroxyl groups is 1. The summed E-state index contributed by atoms with van der Waals surface area (Å²) in [5.41, 5.74) is 0.760. The minimum absolute atomic E-state index is 0.269. The van der Waals surface area contributed by atoms with Crippen LogP contribution in [0.2, 0.25) is 0 Å². The molecular formula is C11H17N5OS. The molecule has 0 bridgehead atoms. The Balaban J connectivity index is 1.82. The Labute approximate surface area is 110 Å². The van der Waals surface area contributed by atoms with Gasteiger partial charge in [-0.2, -0.15) is 16.3 Å². The van der Waals surface area contributed by atoms with E-state index < -0.39 is 0 Å². The third kappa shape index (κ3) is 3.33. The van der Waals surface area contributed by atoms with Crippen LogP contribution in [0.1, 0.15) is 12.2 Å². The normalized spacial score (nSPS) is 11.0. The van der Waals surface area contributed by atoms with Crippen molar-refractivity contribution in [2.75, 3.05) is 30.0 Å². The second-order valence-corrected chi connectivity index (χ2v) is 5.08. The SMILES string of the molecule is Cc1nnc2ccc(NCCSCCCO)nn12. The van der Waals surface area contributed by atoms with E-state index in [9.17, 15) is 0 Å². The van der Waals surface area contributed by atoms with Crippen molar-refractivity contribution in [2.45, 2.75) is 13.3 Å². The number of thioether (sulfide) groups is 1. The zero-order valence-corrected chi connectivity index (χ0v) is 11.2. The quantitative estimate of drug-likeness (QED) is 0.728. The van der Waals surface area contributed by atoms with Crippen LogP contribution in [-0.4, -0.2) is 49.6 Å². The molecule has 2 rings (SSSR count). The van der Waals surface area contributed by atoms with E-state index in [4.69, 9.17) is 5.11 Å². The average Bonchev–Trinajstić information content (AvgIpc) is 2.75. The molecule has 0 aliphatic heterocycles. The lowest BCUT2D eigenvalue weighted by Crippen LogP contribution is -2.08. The van der Waals surface area contributed by atoms with Gasteiger partial charge in [-0.1, -0.05) is 0 Å². The Morgan fingerprint density at radius 2 is 2.22 bits per heavy atom. The molecule has 0 spiro atoms. The predicted molar refractivity (Wildman–Crippen MR) is 73.0 cm³/mol. The van der Waals surface area contributed by atoms with Crippen LogP contribution in [0.5, 0.6) is 0 Å². The fourth-order valence-electron chi connectivity index (χ4n) is 1.51. The van der Waals surface area contributed by atoms with Gasteiger partial charge in [-0.3, -0.25) is 0 Å². The molecule has 0 saturated carbocycles. The fraction of sp³-hybridized carbons (Fsp3) is 0.545. The second kappa shape index (κ2) is 6.55. The van der Waals surface area contributed by atoms with Gasteiger partial charge in [0.2, 0.25) is 0 Å². The largest absolute Gasteiger partial charge is 0.396 e. The highest BCUT2D eigenvalue weighted by atomic mass is 32.2. The van der Waals surface area contributed by atoms with Crippen molar-refractivity contribution >= 4 is 23.2 Å². The van der Waals surface area contributed by atoms with E-state index in [0.717, 1.165) is 41.8 Å². The van der Waals surface area contributed by atoms with Gasteiger partial charge in [-0.25, -0.2) is 0 Å². The maximum atomic E-state index is 8.65. The molecule has 7 heteroatoms. The van der Waals surface area contributed by atoms with Crippen LogP contribution in [0.4, 0.5) is 5.82 Å². The van der Waals surface area contributed by atoms with Gasteiger partial charge in [-0.05, 0) is 31.2 Å². The van der Waals surface area contributed by atoms with Gasteiger partial charge in [0.15, 0.2) is 11.5 Å². The topological polar surface area (TPSA) is 75.3 Å². The number of aromatic nitrogens is 4. The third-order valence-corrected chi connectivity index (χ3v) is 3.49.